The fraction of sp³-hybridized carbons (Fsp3) is 0.325. The highest BCUT2D eigenvalue weighted by atomic mass is 32.2. The molecular formula is C40H41N5O8S. The maximum atomic E-state index is 14.2. The number of likely N-dealkylation sites (tertiary alicyclic amines) is 1. The highest BCUT2D eigenvalue weighted by Crippen LogP contribution is 2.46. The fourth-order valence-corrected chi connectivity index (χ4v) is 8.40. The maximum absolute atomic E-state index is 14.2. The van der Waals surface area contributed by atoms with Crippen LogP contribution in [0.2, 0.25) is 0 Å². The number of anilines is 1. The average Bonchev–Trinajstić information content (AvgIpc) is 3.68. The number of hydrogen-bond acceptors (Lipinski definition) is 9. The second-order valence-electron chi connectivity index (χ2n) is 13.8. The Bertz CT molecular complexity index is 2260. The van der Waals surface area contributed by atoms with Crippen LogP contribution < -0.4 is 24.8 Å². The first-order valence-electron chi connectivity index (χ1n) is 17.9. The summed E-state index contributed by atoms with van der Waals surface area (Å²) in [5.41, 5.74) is 0.659. The molecule has 1 aromatic heterocycles. The van der Waals surface area contributed by atoms with Gasteiger partial charge < -0.3 is 25.0 Å². The summed E-state index contributed by atoms with van der Waals surface area (Å²) in [6.45, 7) is 1.47. The molecule has 0 spiro atoms. The Morgan fingerprint density at radius 2 is 1.78 bits per heavy atom. The van der Waals surface area contributed by atoms with Crippen LogP contribution in [-0.2, 0) is 29.2 Å². The Kier molecular flexibility index (Phi) is 10.1. The summed E-state index contributed by atoms with van der Waals surface area (Å²) in [4.78, 5) is 59.6. The van der Waals surface area contributed by atoms with Gasteiger partial charge in [0.05, 0.1) is 30.6 Å². The standard InChI is InChI=1S/C40H41N5O8S/c1-25(46)45-24-29(53-35-22-32(26-12-6-5-7-13-26)41-33-20-28(52-2)18-19-30(33)35)21-34(45)38(48)43-40-23-27(40)14-8-3-4-9-17-37(47)42-31-15-10-11-16-36(31)54(50,51)44-39(40)49/h5-8,10-16,18-20,22,27,29,34H,3-4,9,17,21,23-24H2,1-2H3,(H,42,47)(H,43,48)(H,44,49)/b14-8-/t27-,29-,34+,40-/m1/s1. The lowest BCUT2D eigenvalue weighted by molar-refractivity contribution is -0.138. The van der Waals surface area contributed by atoms with Gasteiger partial charge in [-0.2, -0.15) is 0 Å². The summed E-state index contributed by atoms with van der Waals surface area (Å²) in [6, 6.07) is 21.8. The van der Waals surface area contributed by atoms with Crippen LogP contribution in [0, 0.1) is 5.92 Å². The molecular weight excluding hydrogens is 711 g/mol. The fourth-order valence-electron chi connectivity index (χ4n) is 7.19. The van der Waals surface area contributed by atoms with Gasteiger partial charge in [0.2, 0.25) is 17.7 Å². The molecule has 13 nitrogen and oxygen atoms in total. The van der Waals surface area contributed by atoms with Crippen LogP contribution in [0.15, 0.2) is 95.9 Å². The van der Waals surface area contributed by atoms with E-state index in [9.17, 15) is 27.6 Å². The number of fused-ring (bicyclic) bond motifs is 3. The Morgan fingerprint density at radius 1 is 1.00 bits per heavy atom. The van der Waals surface area contributed by atoms with Crippen molar-refractivity contribution in [3.05, 3.63) is 91.0 Å². The van der Waals surface area contributed by atoms with E-state index in [4.69, 9.17) is 14.5 Å². The summed E-state index contributed by atoms with van der Waals surface area (Å²) in [7, 11) is -2.90. The first kappa shape index (κ1) is 36.6. The highest BCUT2D eigenvalue weighted by Gasteiger charge is 2.61. The summed E-state index contributed by atoms with van der Waals surface area (Å²) >= 11 is 0. The van der Waals surface area contributed by atoms with Crippen molar-refractivity contribution in [3.8, 4) is 22.8 Å². The van der Waals surface area contributed by atoms with Crippen LogP contribution in [0.5, 0.6) is 11.5 Å². The molecule has 0 unspecified atom stereocenters. The Morgan fingerprint density at radius 3 is 2.56 bits per heavy atom. The largest absolute Gasteiger partial charge is 0.497 e. The number of nitrogens with zero attached hydrogens (tertiary/aromatic N) is 2. The van der Waals surface area contributed by atoms with Gasteiger partial charge in [-0.25, -0.2) is 18.1 Å². The van der Waals surface area contributed by atoms with Crippen LogP contribution in [0.4, 0.5) is 5.69 Å². The van der Waals surface area contributed by atoms with Crippen molar-refractivity contribution in [1.82, 2.24) is 19.9 Å². The molecule has 1 saturated carbocycles. The van der Waals surface area contributed by atoms with E-state index in [1.165, 1.54) is 30.0 Å². The number of hydrogen-bond donors (Lipinski definition) is 3. The molecule has 0 radical (unpaired) electrons. The summed E-state index contributed by atoms with van der Waals surface area (Å²) in [6.07, 6.45) is 5.49. The molecule has 14 heteroatoms. The molecule has 2 fully saturated rings. The number of rotatable bonds is 6. The van der Waals surface area contributed by atoms with E-state index in [0.29, 0.717) is 42.0 Å². The third-order valence-corrected chi connectivity index (χ3v) is 11.5. The number of benzene rings is 3. The zero-order valence-corrected chi connectivity index (χ0v) is 30.7. The van der Waals surface area contributed by atoms with Crippen molar-refractivity contribution in [1.29, 1.82) is 0 Å². The van der Waals surface area contributed by atoms with E-state index in [1.54, 1.807) is 25.3 Å². The van der Waals surface area contributed by atoms with Crippen LogP contribution in [0.1, 0.15) is 45.4 Å². The van der Waals surface area contributed by atoms with Crippen LogP contribution in [-0.4, -0.2) is 73.3 Å². The van der Waals surface area contributed by atoms with Gasteiger partial charge in [-0.15, -0.1) is 0 Å². The zero-order chi connectivity index (χ0) is 38.0. The number of nitrogens with one attached hydrogen (secondary N) is 3. The van der Waals surface area contributed by atoms with Crippen molar-refractivity contribution in [2.45, 2.75) is 68.0 Å². The molecule has 3 aromatic carbocycles. The number of para-hydroxylation sites is 1. The van der Waals surface area contributed by atoms with Crippen molar-refractivity contribution in [3.63, 3.8) is 0 Å². The van der Waals surface area contributed by atoms with Crippen LogP contribution >= 0.6 is 0 Å². The molecule has 2 aliphatic heterocycles. The number of sulfonamides is 1. The van der Waals surface area contributed by atoms with Gasteiger partial charge >= 0.3 is 0 Å². The van der Waals surface area contributed by atoms with Crippen LogP contribution in [0.3, 0.4) is 0 Å². The lowest BCUT2D eigenvalue weighted by Gasteiger charge is -2.25. The molecule has 4 atom stereocenters. The highest BCUT2D eigenvalue weighted by molar-refractivity contribution is 7.90. The lowest BCUT2D eigenvalue weighted by Crippen LogP contribution is -2.56. The number of amides is 4. The monoisotopic (exact) mass is 751 g/mol. The molecule has 3 heterocycles. The third-order valence-electron chi connectivity index (χ3n) is 10.1. The maximum Gasteiger partial charge on any atom is 0.266 e. The Balaban J connectivity index is 1.15. The number of carbonyl (C=O) groups excluding carboxylic acids is 4. The Labute approximate surface area is 313 Å². The third kappa shape index (κ3) is 7.51. The number of carbonyl (C=O) groups is 4. The molecule has 0 bridgehead atoms. The van der Waals surface area contributed by atoms with E-state index in [0.717, 1.165) is 10.9 Å². The van der Waals surface area contributed by atoms with Gasteiger partial charge in [0.15, 0.2) is 0 Å². The molecule has 3 aliphatic rings. The van der Waals surface area contributed by atoms with Gasteiger partial charge in [-0.3, -0.25) is 19.2 Å². The number of ether oxygens (including phenoxy) is 2. The predicted octanol–water partition coefficient (Wildman–Crippen LogP) is 4.73. The van der Waals surface area contributed by atoms with E-state index < -0.39 is 45.4 Å². The molecule has 54 heavy (non-hydrogen) atoms. The van der Waals surface area contributed by atoms with Gasteiger partial charge in [0.1, 0.15) is 34.1 Å². The van der Waals surface area contributed by atoms with Gasteiger partial charge in [-0.05, 0) is 49.9 Å². The van der Waals surface area contributed by atoms with Gasteiger partial charge in [-0.1, -0.05) is 54.6 Å². The zero-order valence-electron chi connectivity index (χ0n) is 29.9. The minimum atomic E-state index is -4.47. The second-order valence-corrected chi connectivity index (χ2v) is 15.5. The second kappa shape index (κ2) is 14.9. The lowest BCUT2D eigenvalue weighted by atomic mass is 10.1. The molecule has 7 rings (SSSR count). The van der Waals surface area contributed by atoms with E-state index in [1.807, 2.05) is 54.6 Å². The number of methoxy groups -OCH3 is 1. The SMILES string of the molecule is COc1ccc2c(O[C@@H]3C[C@@H](C(=O)N[C@]45C[C@H]4/C=C\CCCCC(=O)Nc4ccccc4S(=O)(=O)NC5=O)N(C(C)=O)C3)cc(-c3ccccc3)nc2c1. The van der Waals surface area contributed by atoms with Crippen molar-refractivity contribution in [2.24, 2.45) is 5.92 Å². The predicted molar refractivity (Wildman–Crippen MR) is 201 cm³/mol. The van der Waals surface area contributed by atoms with E-state index in [-0.39, 0.29) is 48.2 Å². The van der Waals surface area contributed by atoms with Crippen molar-refractivity contribution >= 4 is 50.2 Å². The minimum Gasteiger partial charge on any atom is -0.497 e. The topological polar surface area (TPSA) is 173 Å². The molecule has 3 N–H and O–H groups in total. The quantitative estimate of drug-likeness (QED) is 0.236. The van der Waals surface area contributed by atoms with Gasteiger partial charge in [0, 0.05) is 48.8 Å². The number of aromatic nitrogens is 1. The summed E-state index contributed by atoms with van der Waals surface area (Å²) in [5.74, 6) is -1.54. The normalized spacial score (nSPS) is 24.4. The molecule has 4 amide bonds. The van der Waals surface area contributed by atoms with E-state index in [2.05, 4.69) is 15.4 Å². The van der Waals surface area contributed by atoms with Crippen molar-refractivity contribution < 1.29 is 37.1 Å². The van der Waals surface area contributed by atoms with Crippen molar-refractivity contribution in [2.75, 3.05) is 19.0 Å². The smallest absolute Gasteiger partial charge is 0.266 e. The molecule has 280 valence electrons. The first-order chi connectivity index (χ1) is 26.0. The Hall–Kier alpha value is -5.76. The minimum absolute atomic E-state index is 0.0485. The number of pyridine rings is 1. The van der Waals surface area contributed by atoms with Gasteiger partial charge in [0.25, 0.3) is 15.9 Å². The number of allylic oxidation sites excluding steroid dienone is 1. The first-order valence-corrected chi connectivity index (χ1v) is 19.4. The van der Waals surface area contributed by atoms with Crippen LogP contribution in [0.25, 0.3) is 22.2 Å². The average molecular weight is 752 g/mol. The molecule has 1 aliphatic carbocycles. The summed E-state index contributed by atoms with van der Waals surface area (Å²) in [5, 5.41) is 6.22. The molecule has 4 aromatic rings. The molecule has 1 saturated heterocycles. The summed E-state index contributed by atoms with van der Waals surface area (Å²) < 4.78 is 41.4. The van der Waals surface area contributed by atoms with E-state index >= 15 is 0 Å².